The molecule has 1 amide bonds. The van der Waals surface area contributed by atoms with Gasteiger partial charge in [-0.2, -0.15) is 0 Å². The number of carbonyl (C=O) groups is 1. The summed E-state index contributed by atoms with van der Waals surface area (Å²) < 4.78 is 25.6. The molecule has 8 heteroatoms. The Morgan fingerprint density at radius 3 is 2.52 bits per heavy atom. The van der Waals surface area contributed by atoms with Crippen LogP contribution >= 0.6 is 11.3 Å². The number of nitrogens with one attached hydrogen (secondary N) is 1. The largest absolute Gasteiger partial charge is 0.320 e. The number of aromatic nitrogens is 1. The van der Waals surface area contributed by atoms with Gasteiger partial charge < -0.3 is 5.32 Å². The van der Waals surface area contributed by atoms with Crippen molar-refractivity contribution in [2.75, 3.05) is 24.2 Å². The van der Waals surface area contributed by atoms with E-state index >= 15 is 0 Å². The minimum atomic E-state index is -3.13. The number of sulfonamides is 1. The minimum absolute atomic E-state index is 0.0795. The Hall–Kier alpha value is -1.77. The van der Waals surface area contributed by atoms with Crippen molar-refractivity contribution in [3.63, 3.8) is 0 Å². The highest BCUT2D eigenvalue weighted by Gasteiger charge is 2.29. The Labute approximate surface area is 177 Å². The van der Waals surface area contributed by atoms with Crippen LogP contribution in [0.4, 0.5) is 5.69 Å². The molecule has 0 bridgehead atoms. The summed E-state index contributed by atoms with van der Waals surface area (Å²) in [5.41, 5.74) is 2.22. The summed E-state index contributed by atoms with van der Waals surface area (Å²) >= 11 is 1.48. The molecule has 1 aromatic carbocycles. The first-order chi connectivity index (χ1) is 13.6. The molecule has 1 saturated heterocycles. The number of piperidine rings is 1. The molecule has 1 aromatic heterocycles. The lowest BCUT2D eigenvalue weighted by atomic mass is 9.86. The third kappa shape index (κ3) is 5.05. The fraction of sp³-hybridized carbons (Fsp3) is 0.524. The van der Waals surface area contributed by atoms with Crippen molar-refractivity contribution in [2.45, 2.75) is 51.9 Å². The molecule has 1 N–H and O–H groups in total. The van der Waals surface area contributed by atoms with Crippen molar-refractivity contribution in [1.29, 1.82) is 0 Å². The minimum Gasteiger partial charge on any atom is -0.320 e. The van der Waals surface area contributed by atoms with E-state index in [1.165, 1.54) is 11.3 Å². The maximum absolute atomic E-state index is 12.8. The lowest BCUT2D eigenvalue weighted by Gasteiger charge is -2.29. The molecular weight excluding hydrogens is 406 g/mol. The van der Waals surface area contributed by atoms with Crippen LogP contribution in [-0.4, -0.2) is 42.5 Å². The predicted molar refractivity (Wildman–Crippen MR) is 118 cm³/mol. The van der Waals surface area contributed by atoms with Crippen LogP contribution in [0.3, 0.4) is 0 Å². The molecule has 0 spiro atoms. The second-order valence-electron chi connectivity index (χ2n) is 8.39. The highest BCUT2D eigenvalue weighted by atomic mass is 32.2. The number of carbonyl (C=O) groups excluding carboxylic acids is 1. The van der Waals surface area contributed by atoms with Gasteiger partial charge in [0.15, 0.2) is 0 Å². The number of para-hydroxylation sites is 1. The zero-order chi connectivity index (χ0) is 21.2. The van der Waals surface area contributed by atoms with Crippen LogP contribution in [0, 0.1) is 0 Å². The number of rotatable bonds is 5. The predicted octanol–water partition coefficient (Wildman–Crippen LogP) is 4.22. The van der Waals surface area contributed by atoms with Crippen molar-refractivity contribution in [1.82, 2.24) is 9.29 Å². The third-order valence-corrected chi connectivity index (χ3v) is 8.19. The van der Waals surface area contributed by atoms with Gasteiger partial charge in [-0.05, 0) is 36.8 Å². The zero-order valence-corrected chi connectivity index (χ0v) is 19.1. The Morgan fingerprint density at radius 1 is 1.24 bits per heavy atom. The average molecular weight is 436 g/mol. The van der Waals surface area contributed by atoms with E-state index in [2.05, 4.69) is 31.1 Å². The van der Waals surface area contributed by atoms with Gasteiger partial charge in [0.25, 0.3) is 5.91 Å². The summed E-state index contributed by atoms with van der Waals surface area (Å²) in [5, 5.41) is 5.70. The quantitative estimate of drug-likeness (QED) is 0.762. The topological polar surface area (TPSA) is 79.4 Å². The molecule has 2 heterocycles. The Kier molecular flexibility index (Phi) is 6.45. The van der Waals surface area contributed by atoms with Crippen molar-refractivity contribution in [2.24, 2.45) is 0 Å². The van der Waals surface area contributed by atoms with E-state index in [0.717, 1.165) is 29.1 Å². The maximum Gasteiger partial charge on any atom is 0.275 e. The van der Waals surface area contributed by atoms with Gasteiger partial charge in [-0.15, -0.1) is 11.3 Å². The fourth-order valence-corrected chi connectivity index (χ4v) is 5.68. The smallest absolute Gasteiger partial charge is 0.275 e. The Bertz CT molecular complexity index is 969. The van der Waals surface area contributed by atoms with Crippen LogP contribution in [0.15, 0.2) is 29.6 Å². The molecule has 0 saturated carbocycles. The molecule has 1 fully saturated rings. The first-order valence-electron chi connectivity index (χ1n) is 9.96. The van der Waals surface area contributed by atoms with Gasteiger partial charge in [0.1, 0.15) is 5.69 Å². The van der Waals surface area contributed by atoms with Gasteiger partial charge in [0, 0.05) is 30.1 Å². The van der Waals surface area contributed by atoms with Crippen LogP contribution in [0.2, 0.25) is 0 Å². The summed E-state index contributed by atoms with van der Waals surface area (Å²) in [4.78, 5) is 17.3. The summed E-state index contributed by atoms with van der Waals surface area (Å²) in [6.45, 7) is 9.05. The summed E-state index contributed by atoms with van der Waals surface area (Å²) in [7, 11) is -3.13. The standard InChI is InChI=1S/C21H29N3O3S2/c1-5-29(26,27)24-12-10-15(11-13-24)20-23-18(14-28-20)19(25)22-17-9-7-6-8-16(17)21(2,3)4/h6-9,14-15H,5,10-13H2,1-4H3,(H,22,25). The molecule has 0 unspecified atom stereocenters. The summed E-state index contributed by atoms with van der Waals surface area (Å²) in [6.07, 6.45) is 1.47. The van der Waals surface area contributed by atoms with Crippen molar-refractivity contribution >= 4 is 33.0 Å². The number of hydrogen-bond donors (Lipinski definition) is 1. The first-order valence-corrected chi connectivity index (χ1v) is 12.4. The highest BCUT2D eigenvalue weighted by Crippen LogP contribution is 2.32. The van der Waals surface area contributed by atoms with E-state index in [-0.39, 0.29) is 23.0 Å². The molecule has 1 aliphatic heterocycles. The van der Waals surface area contributed by atoms with Gasteiger partial charge in [-0.25, -0.2) is 17.7 Å². The van der Waals surface area contributed by atoms with Crippen molar-refractivity contribution < 1.29 is 13.2 Å². The monoisotopic (exact) mass is 435 g/mol. The molecule has 6 nitrogen and oxygen atoms in total. The Morgan fingerprint density at radius 2 is 1.90 bits per heavy atom. The molecule has 0 radical (unpaired) electrons. The SMILES string of the molecule is CCS(=O)(=O)N1CCC(c2nc(C(=O)Nc3ccccc3C(C)(C)C)cs2)CC1. The van der Waals surface area contributed by atoms with Crippen LogP contribution < -0.4 is 5.32 Å². The first kappa shape index (κ1) is 21.9. The second kappa shape index (κ2) is 8.53. The van der Waals surface area contributed by atoms with Crippen LogP contribution in [0.5, 0.6) is 0 Å². The van der Waals surface area contributed by atoms with E-state index < -0.39 is 10.0 Å². The molecule has 29 heavy (non-hydrogen) atoms. The molecular formula is C21H29N3O3S2. The highest BCUT2D eigenvalue weighted by molar-refractivity contribution is 7.89. The Balaban J connectivity index is 1.68. The summed E-state index contributed by atoms with van der Waals surface area (Å²) in [6, 6.07) is 7.83. The normalized spacial score (nSPS) is 16.7. The van der Waals surface area contributed by atoms with Gasteiger partial charge in [0.05, 0.1) is 10.8 Å². The fourth-order valence-electron chi connectivity index (χ4n) is 3.58. The molecule has 1 aliphatic rings. The number of benzene rings is 1. The number of nitrogens with zero attached hydrogens (tertiary/aromatic N) is 2. The molecule has 0 aliphatic carbocycles. The van der Waals surface area contributed by atoms with E-state index in [4.69, 9.17) is 0 Å². The number of thiazole rings is 1. The lowest BCUT2D eigenvalue weighted by molar-refractivity contribution is 0.102. The molecule has 0 atom stereocenters. The molecule has 3 rings (SSSR count). The van der Waals surface area contributed by atoms with Crippen LogP contribution in [0.25, 0.3) is 0 Å². The van der Waals surface area contributed by atoms with Gasteiger partial charge in [-0.1, -0.05) is 39.0 Å². The van der Waals surface area contributed by atoms with Crippen LogP contribution in [0.1, 0.15) is 67.5 Å². The third-order valence-electron chi connectivity index (χ3n) is 5.30. The number of hydrogen-bond acceptors (Lipinski definition) is 5. The number of amides is 1. The van der Waals surface area contributed by atoms with Crippen LogP contribution in [-0.2, 0) is 15.4 Å². The van der Waals surface area contributed by atoms with Crippen molar-refractivity contribution in [3.8, 4) is 0 Å². The van der Waals surface area contributed by atoms with E-state index in [1.54, 1.807) is 16.6 Å². The average Bonchev–Trinajstić information content (AvgIpc) is 3.18. The number of anilines is 1. The lowest BCUT2D eigenvalue weighted by Crippen LogP contribution is -2.38. The van der Waals surface area contributed by atoms with E-state index in [9.17, 15) is 13.2 Å². The maximum atomic E-state index is 12.8. The second-order valence-corrected chi connectivity index (χ2v) is 11.5. The molecule has 2 aromatic rings. The molecule has 158 valence electrons. The van der Waals surface area contributed by atoms with Gasteiger partial charge in [-0.3, -0.25) is 4.79 Å². The summed E-state index contributed by atoms with van der Waals surface area (Å²) in [5.74, 6) is 0.122. The van der Waals surface area contributed by atoms with Gasteiger partial charge >= 0.3 is 0 Å². The van der Waals surface area contributed by atoms with Gasteiger partial charge in [0.2, 0.25) is 10.0 Å². The van der Waals surface area contributed by atoms with E-state index in [1.807, 2.05) is 24.3 Å². The zero-order valence-electron chi connectivity index (χ0n) is 17.4. The van der Waals surface area contributed by atoms with Crippen molar-refractivity contribution in [3.05, 3.63) is 45.9 Å². The van der Waals surface area contributed by atoms with E-state index in [0.29, 0.717) is 18.8 Å².